The minimum absolute atomic E-state index is 0.0252. The molecule has 4 saturated carbocycles. The first-order valence-corrected chi connectivity index (χ1v) is 19.9. The standard InChI is InChI=1S/C50H39N3O/c1-2-11-30(12-3-1)31-21-23-32(24-22-31)45-51-46(53-47(52-45)48-27-34-25-33-26-35(28-48)49(33,34)29-48)38-15-10-19-42-44(38)54-43-20-9-8-18-41(43)50(42)39-16-6-4-13-36(39)37-14-5-7-17-40(37)50/h1-24,33-36,39H,25-29H2/t33?,34-,35?,36?,39?,48?,49?,50?/m0/s1. The fourth-order valence-corrected chi connectivity index (χ4v) is 13.2. The number of hydrogen-bond acceptors (Lipinski definition) is 4. The highest BCUT2D eigenvalue weighted by Gasteiger charge is 2.78. The summed E-state index contributed by atoms with van der Waals surface area (Å²) < 4.78 is 7.10. The number of ether oxygens (including phenoxy) is 1. The highest BCUT2D eigenvalue weighted by molar-refractivity contribution is 5.78. The Hall–Kier alpha value is -5.61. The smallest absolute Gasteiger partial charge is 0.167 e. The molecule has 2 spiro atoms. The van der Waals surface area contributed by atoms with Crippen molar-refractivity contribution in [3.63, 3.8) is 0 Å². The maximum Gasteiger partial charge on any atom is 0.167 e. The number of aromatic nitrogens is 3. The summed E-state index contributed by atoms with van der Waals surface area (Å²) in [5.41, 5.74) is 9.68. The lowest BCUT2D eigenvalue weighted by Gasteiger charge is -2.66. The number of allylic oxidation sites excluding steroid dienone is 4. The van der Waals surface area contributed by atoms with E-state index in [0.717, 1.165) is 57.9 Å². The van der Waals surface area contributed by atoms with Crippen molar-refractivity contribution in [2.75, 3.05) is 0 Å². The lowest BCUT2D eigenvalue weighted by Crippen LogP contribution is -2.59. The van der Waals surface area contributed by atoms with Gasteiger partial charge in [-0.15, -0.1) is 0 Å². The molecule has 0 saturated heterocycles. The van der Waals surface area contributed by atoms with Crippen LogP contribution >= 0.6 is 0 Å². The predicted octanol–water partition coefficient (Wildman–Crippen LogP) is 11.2. The molecule has 6 aromatic rings. The van der Waals surface area contributed by atoms with Crippen LogP contribution in [-0.4, -0.2) is 15.0 Å². The summed E-state index contributed by atoms with van der Waals surface area (Å²) in [4.78, 5) is 16.4. The Bertz CT molecular complexity index is 2610. The van der Waals surface area contributed by atoms with E-state index in [0.29, 0.717) is 5.41 Å². The van der Waals surface area contributed by atoms with Gasteiger partial charge in [-0.05, 0) is 89.7 Å². The third-order valence-electron chi connectivity index (χ3n) is 15.3. The topological polar surface area (TPSA) is 47.9 Å². The number of nitrogens with zero attached hydrogens (tertiary/aromatic N) is 3. The summed E-state index contributed by atoms with van der Waals surface area (Å²) in [6.07, 6.45) is 15.7. The van der Waals surface area contributed by atoms with E-state index in [1.54, 1.807) is 0 Å². The number of rotatable bonds is 4. The molecule has 6 aliphatic carbocycles. The first-order chi connectivity index (χ1) is 26.7. The number of benzene rings is 5. The van der Waals surface area contributed by atoms with Gasteiger partial charge in [0.05, 0.1) is 11.0 Å². The average molecular weight is 698 g/mol. The van der Waals surface area contributed by atoms with Gasteiger partial charge in [-0.25, -0.2) is 15.0 Å². The lowest BCUT2D eigenvalue weighted by atomic mass is 9.38. The van der Waals surface area contributed by atoms with Crippen molar-refractivity contribution in [3.8, 4) is 45.4 Å². The van der Waals surface area contributed by atoms with Gasteiger partial charge in [0.25, 0.3) is 0 Å². The van der Waals surface area contributed by atoms with E-state index in [-0.39, 0.29) is 17.3 Å². The Balaban J connectivity index is 1.03. The normalized spacial score (nSPS) is 32.1. The molecule has 4 nitrogen and oxygen atoms in total. The van der Waals surface area contributed by atoms with Crippen LogP contribution in [0.1, 0.15) is 66.1 Å². The molecule has 5 aromatic carbocycles. The monoisotopic (exact) mass is 697 g/mol. The van der Waals surface area contributed by atoms with E-state index < -0.39 is 5.41 Å². The van der Waals surface area contributed by atoms with Crippen LogP contribution in [0.5, 0.6) is 11.5 Å². The van der Waals surface area contributed by atoms with Crippen LogP contribution in [0.15, 0.2) is 146 Å². The highest BCUT2D eigenvalue weighted by atomic mass is 16.5. The molecule has 7 aliphatic rings. The van der Waals surface area contributed by atoms with Crippen LogP contribution in [0, 0.1) is 29.1 Å². The van der Waals surface area contributed by atoms with Crippen LogP contribution in [0.4, 0.5) is 0 Å². The first-order valence-electron chi connectivity index (χ1n) is 19.9. The van der Waals surface area contributed by atoms with Gasteiger partial charge in [-0.3, -0.25) is 0 Å². The van der Waals surface area contributed by atoms with Gasteiger partial charge in [0, 0.05) is 33.9 Å². The summed E-state index contributed by atoms with van der Waals surface area (Å²) in [6.45, 7) is 0. The Morgan fingerprint density at radius 3 is 2.06 bits per heavy atom. The second-order valence-corrected chi connectivity index (χ2v) is 17.3. The first kappa shape index (κ1) is 29.8. The van der Waals surface area contributed by atoms with Crippen LogP contribution in [-0.2, 0) is 10.8 Å². The number of para-hydroxylation sites is 2. The highest BCUT2D eigenvalue weighted by Crippen LogP contribution is 2.84. The van der Waals surface area contributed by atoms with Crippen molar-refractivity contribution in [1.82, 2.24) is 15.0 Å². The van der Waals surface area contributed by atoms with E-state index in [2.05, 4.69) is 146 Å². The van der Waals surface area contributed by atoms with Crippen LogP contribution in [0.2, 0.25) is 0 Å². The molecular formula is C50H39N3O. The minimum atomic E-state index is -0.420. The zero-order valence-electron chi connectivity index (χ0n) is 30.0. The van der Waals surface area contributed by atoms with Crippen LogP contribution in [0.25, 0.3) is 33.9 Å². The van der Waals surface area contributed by atoms with E-state index in [9.17, 15) is 0 Å². The Morgan fingerprint density at radius 1 is 0.556 bits per heavy atom. The zero-order chi connectivity index (χ0) is 35.2. The molecule has 7 unspecified atom stereocenters. The number of fused-ring (bicyclic) bond motifs is 10. The Morgan fingerprint density at radius 2 is 1.24 bits per heavy atom. The van der Waals surface area contributed by atoms with Crippen molar-refractivity contribution in [2.24, 2.45) is 29.1 Å². The SMILES string of the molecule is C1=CC2c3ccccc3C3(c4ccccc4Oc4c(-c5nc(-c6ccc(-c7ccccc7)cc6)nc(C67CC8CC9C[C@@H](C6)C98C7)n5)cccc43)C2C=C1. The van der Waals surface area contributed by atoms with Crippen molar-refractivity contribution in [3.05, 3.63) is 174 Å². The van der Waals surface area contributed by atoms with Gasteiger partial charge >= 0.3 is 0 Å². The predicted molar refractivity (Wildman–Crippen MR) is 211 cm³/mol. The molecule has 54 heavy (non-hydrogen) atoms. The molecule has 8 atom stereocenters. The Labute approximate surface area is 315 Å². The molecule has 4 fully saturated rings. The van der Waals surface area contributed by atoms with E-state index in [1.807, 2.05) is 0 Å². The van der Waals surface area contributed by atoms with Crippen molar-refractivity contribution < 1.29 is 4.74 Å². The van der Waals surface area contributed by atoms with E-state index in [4.69, 9.17) is 19.7 Å². The molecule has 13 rings (SSSR count). The second-order valence-electron chi connectivity index (χ2n) is 17.3. The minimum Gasteiger partial charge on any atom is -0.456 e. The van der Waals surface area contributed by atoms with Crippen molar-refractivity contribution in [1.29, 1.82) is 0 Å². The Kier molecular flexibility index (Phi) is 5.70. The summed E-state index contributed by atoms with van der Waals surface area (Å²) in [7, 11) is 0. The lowest BCUT2D eigenvalue weighted by molar-refractivity contribution is -0.175. The van der Waals surface area contributed by atoms with Gasteiger partial charge in [-0.1, -0.05) is 133 Å². The molecule has 4 heteroatoms. The third-order valence-corrected chi connectivity index (χ3v) is 15.3. The van der Waals surface area contributed by atoms with Crippen LogP contribution in [0.3, 0.4) is 0 Å². The van der Waals surface area contributed by atoms with Gasteiger partial charge in [0.1, 0.15) is 17.3 Å². The number of hydrogen-bond donors (Lipinski definition) is 0. The maximum atomic E-state index is 7.10. The maximum absolute atomic E-state index is 7.10. The molecule has 0 radical (unpaired) electrons. The van der Waals surface area contributed by atoms with Crippen molar-refractivity contribution >= 4 is 0 Å². The van der Waals surface area contributed by atoms with E-state index in [1.165, 1.54) is 65.5 Å². The summed E-state index contributed by atoms with van der Waals surface area (Å²) in [6, 6.07) is 43.8. The summed E-state index contributed by atoms with van der Waals surface area (Å²) >= 11 is 0. The molecule has 1 aliphatic heterocycles. The quantitative estimate of drug-likeness (QED) is 0.184. The van der Waals surface area contributed by atoms with Gasteiger partial charge in [-0.2, -0.15) is 0 Å². The molecule has 0 N–H and O–H groups in total. The van der Waals surface area contributed by atoms with Crippen molar-refractivity contribution in [2.45, 2.75) is 48.9 Å². The largest absolute Gasteiger partial charge is 0.456 e. The van der Waals surface area contributed by atoms with Gasteiger partial charge in [0.15, 0.2) is 11.6 Å². The van der Waals surface area contributed by atoms with Gasteiger partial charge < -0.3 is 4.74 Å². The molecule has 2 bridgehead atoms. The average Bonchev–Trinajstić information content (AvgIpc) is 3.83. The zero-order valence-corrected chi connectivity index (χ0v) is 30.0. The van der Waals surface area contributed by atoms with E-state index >= 15 is 0 Å². The molecule has 260 valence electrons. The fourth-order valence-electron chi connectivity index (χ4n) is 13.2. The third kappa shape index (κ3) is 3.58. The molecule has 2 heterocycles. The second kappa shape index (κ2) is 10.3. The van der Waals surface area contributed by atoms with Gasteiger partial charge in [0.2, 0.25) is 0 Å². The molecular weight excluding hydrogens is 659 g/mol. The summed E-state index contributed by atoms with van der Waals surface area (Å²) in [5.74, 6) is 7.33. The molecule has 0 amide bonds. The summed E-state index contributed by atoms with van der Waals surface area (Å²) in [5, 5.41) is 0. The fraction of sp³-hybridized carbons (Fsp3) is 0.260. The molecule has 1 aromatic heterocycles. The van der Waals surface area contributed by atoms with Crippen LogP contribution < -0.4 is 4.74 Å².